The van der Waals surface area contributed by atoms with Crippen LogP contribution in [0.3, 0.4) is 0 Å². The minimum absolute atomic E-state index is 0.0372. The molecule has 0 aliphatic heterocycles. The zero-order valence-corrected chi connectivity index (χ0v) is 19.8. The second-order valence-electron chi connectivity index (χ2n) is 8.23. The first kappa shape index (κ1) is 22.6. The summed E-state index contributed by atoms with van der Waals surface area (Å²) in [7, 11) is 0. The molecule has 5 aromatic rings. The normalized spacial score (nSPS) is 11.0. The molecule has 0 fully saturated rings. The van der Waals surface area contributed by atoms with E-state index >= 15 is 0 Å². The number of benzene rings is 4. The highest BCUT2D eigenvalue weighted by Crippen LogP contribution is 2.22. The van der Waals surface area contributed by atoms with E-state index < -0.39 is 5.91 Å². The Morgan fingerprint density at radius 3 is 2.63 bits per heavy atom. The standard InChI is InChI=1S/C28H22ClN3O3/c1-18-15-21(13-14-23(18)29)35-17-26(33)31-27-28(34)32(25-12-5-4-11-24(25)30-27)16-20-9-6-8-19-7-2-3-10-22(19)20/h2-15H,16-17H2,1H3,(H,30,31,33). The zero-order chi connectivity index (χ0) is 24.4. The van der Waals surface area contributed by atoms with Gasteiger partial charge in [-0.05, 0) is 59.2 Å². The predicted octanol–water partition coefficient (Wildman–Crippen LogP) is 5.58. The van der Waals surface area contributed by atoms with E-state index in [1.807, 2.05) is 73.7 Å². The number of rotatable bonds is 6. The number of hydrogen-bond acceptors (Lipinski definition) is 4. The van der Waals surface area contributed by atoms with E-state index in [2.05, 4.69) is 10.3 Å². The lowest BCUT2D eigenvalue weighted by Crippen LogP contribution is -2.30. The van der Waals surface area contributed by atoms with Crippen LogP contribution in [-0.2, 0) is 11.3 Å². The first-order valence-corrected chi connectivity index (χ1v) is 11.5. The van der Waals surface area contributed by atoms with Crippen LogP contribution in [0.4, 0.5) is 5.82 Å². The van der Waals surface area contributed by atoms with Gasteiger partial charge in [0.05, 0.1) is 17.6 Å². The summed E-state index contributed by atoms with van der Waals surface area (Å²) < 4.78 is 7.21. The number of carbonyl (C=O) groups excluding carboxylic acids is 1. The molecule has 174 valence electrons. The van der Waals surface area contributed by atoms with Crippen LogP contribution in [0.1, 0.15) is 11.1 Å². The molecular weight excluding hydrogens is 462 g/mol. The third-order valence-corrected chi connectivity index (χ3v) is 6.24. The molecule has 0 spiro atoms. The summed E-state index contributed by atoms with van der Waals surface area (Å²) in [5.41, 5.74) is 2.76. The minimum Gasteiger partial charge on any atom is -0.484 e. The van der Waals surface area contributed by atoms with Crippen LogP contribution < -0.4 is 15.6 Å². The number of nitrogens with zero attached hydrogens (tertiary/aromatic N) is 2. The van der Waals surface area contributed by atoms with Crippen molar-refractivity contribution in [1.82, 2.24) is 9.55 Å². The Hall–Kier alpha value is -4.16. The van der Waals surface area contributed by atoms with Crippen LogP contribution >= 0.6 is 11.6 Å². The van der Waals surface area contributed by atoms with E-state index in [1.54, 1.807) is 22.8 Å². The number of halogens is 1. The van der Waals surface area contributed by atoms with E-state index in [1.165, 1.54) is 0 Å². The molecule has 0 radical (unpaired) electrons. The smallest absolute Gasteiger partial charge is 0.294 e. The van der Waals surface area contributed by atoms with E-state index in [0.717, 1.165) is 21.9 Å². The second-order valence-corrected chi connectivity index (χ2v) is 8.63. The van der Waals surface area contributed by atoms with Gasteiger partial charge in [0.1, 0.15) is 5.75 Å². The molecule has 1 aromatic heterocycles. The van der Waals surface area contributed by atoms with Crippen molar-refractivity contribution >= 4 is 45.1 Å². The summed E-state index contributed by atoms with van der Waals surface area (Å²) in [6.07, 6.45) is 0. The molecular formula is C28H22ClN3O3. The molecule has 0 aliphatic carbocycles. The molecule has 1 N–H and O–H groups in total. The molecule has 1 amide bonds. The largest absolute Gasteiger partial charge is 0.484 e. The summed E-state index contributed by atoms with van der Waals surface area (Å²) in [5.74, 6) is 0.000839. The van der Waals surface area contributed by atoms with Crippen LogP contribution in [0.5, 0.6) is 5.75 Å². The lowest BCUT2D eigenvalue weighted by molar-refractivity contribution is -0.118. The topological polar surface area (TPSA) is 73.2 Å². The molecule has 1 heterocycles. The van der Waals surface area contributed by atoms with Crippen LogP contribution in [0.2, 0.25) is 5.02 Å². The number of aryl methyl sites for hydroxylation is 1. The first-order chi connectivity index (χ1) is 17.0. The average Bonchev–Trinajstić information content (AvgIpc) is 2.87. The maximum Gasteiger partial charge on any atom is 0.294 e. The van der Waals surface area contributed by atoms with Gasteiger partial charge < -0.3 is 10.1 Å². The molecule has 5 rings (SSSR count). The van der Waals surface area contributed by atoms with Crippen LogP contribution in [0, 0.1) is 6.92 Å². The van der Waals surface area contributed by atoms with Crippen molar-refractivity contribution in [3.8, 4) is 5.75 Å². The van der Waals surface area contributed by atoms with Gasteiger partial charge in [-0.3, -0.25) is 14.2 Å². The molecule has 0 unspecified atom stereocenters. The monoisotopic (exact) mass is 483 g/mol. The fourth-order valence-corrected chi connectivity index (χ4v) is 4.17. The maximum atomic E-state index is 13.4. The molecule has 7 heteroatoms. The number of carbonyl (C=O) groups is 1. The van der Waals surface area contributed by atoms with Crippen LogP contribution in [0.15, 0.2) is 89.7 Å². The summed E-state index contributed by atoms with van der Waals surface area (Å²) in [5, 5.41) is 5.41. The zero-order valence-electron chi connectivity index (χ0n) is 19.0. The third kappa shape index (κ3) is 4.74. The molecule has 6 nitrogen and oxygen atoms in total. The Morgan fingerprint density at radius 1 is 1.00 bits per heavy atom. The van der Waals surface area contributed by atoms with Gasteiger partial charge in [0, 0.05) is 5.02 Å². The first-order valence-electron chi connectivity index (χ1n) is 11.1. The third-order valence-electron chi connectivity index (χ3n) is 5.82. The molecule has 0 saturated heterocycles. The van der Waals surface area contributed by atoms with Crippen molar-refractivity contribution in [2.24, 2.45) is 0 Å². The fraction of sp³-hybridized carbons (Fsp3) is 0.107. The van der Waals surface area contributed by atoms with Gasteiger partial charge in [0.2, 0.25) is 0 Å². The van der Waals surface area contributed by atoms with Crippen LogP contribution in [0.25, 0.3) is 21.8 Å². The average molecular weight is 484 g/mol. The van der Waals surface area contributed by atoms with Crippen molar-refractivity contribution in [3.63, 3.8) is 0 Å². The van der Waals surface area contributed by atoms with Gasteiger partial charge in [-0.2, -0.15) is 0 Å². The lowest BCUT2D eigenvalue weighted by atomic mass is 10.0. The van der Waals surface area contributed by atoms with E-state index in [4.69, 9.17) is 16.3 Å². The Balaban J connectivity index is 1.45. The van der Waals surface area contributed by atoms with Gasteiger partial charge >= 0.3 is 0 Å². The molecule has 4 aromatic carbocycles. The van der Waals surface area contributed by atoms with Gasteiger partial charge in [-0.25, -0.2) is 4.98 Å². The van der Waals surface area contributed by atoms with Gasteiger partial charge in [0.15, 0.2) is 12.4 Å². The van der Waals surface area contributed by atoms with Gasteiger partial charge in [-0.15, -0.1) is 0 Å². The van der Waals surface area contributed by atoms with Crippen molar-refractivity contribution in [1.29, 1.82) is 0 Å². The number of fused-ring (bicyclic) bond motifs is 2. The van der Waals surface area contributed by atoms with E-state index in [0.29, 0.717) is 28.4 Å². The predicted molar refractivity (Wildman–Crippen MR) is 139 cm³/mol. The van der Waals surface area contributed by atoms with Gasteiger partial charge in [0.25, 0.3) is 11.5 Å². The Kier molecular flexibility index (Phi) is 6.21. The van der Waals surface area contributed by atoms with E-state index in [-0.39, 0.29) is 18.0 Å². The highest BCUT2D eigenvalue weighted by atomic mass is 35.5. The minimum atomic E-state index is -0.478. The summed E-state index contributed by atoms with van der Waals surface area (Å²) in [4.78, 5) is 30.5. The van der Waals surface area contributed by atoms with Crippen molar-refractivity contribution in [3.05, 3.63) is 111 Å². The highest BCUT2D eigenvalue weighted by Gasteiger charge is 2.15. The fourth-order valence-electron chi connectivity index (χ4n) is 4.06. The molecule has 35 heavy (non-hydrogen) atoms. The number of aromatic nitrogens is 2. The van der Waals surface area contributed by atoms with Gasteiger partial charge in [-0.1, -0.05) is 66.2 Å². The molecule has 0 bridgehead atoms. The quantitative estimate of drug-likeness (QED) is 0.342. The Morgan fingerprint density at radius 2 is 1.77 bits per heavy atom. The molecule has 0 saturated carbocycles. The number of anilines is 1. The molecule has 0 aliphatic rings. The Labute approximate surface area is 206 Å². The molecule has 0 atom stereocenters. The maximum absolute atomic E-state index is 13.4. The van der Waals surface area contributed by atoms with Crippen molar-refractivity contribution in [2.45, 2.75) is 13.5 Å². The highest BCUT2D eigenvalue weighted by molar-refractivity contribution is 6.31. The summed E-state index contributed by atoms with van der Waals surface area (Å²) in [6, 6.07) is 26.6. The summed E-state index contributed by atoms with van der Waals surface area (Å²) >= 11 is 6.04. The van der Waals surface area contributed by atoms with Crippen LogP contribution in [-0.4, -0.2) is 22.1 Å². The number of nitrogens with one attached hydrogen (secondary N) is 1. The number of amides is 1. The number of ether oxygens (including phenoxy) is 1. The van der Waals surface area contributed by atoms with Crippen molar-refractivity contribution in [2.75, 3.05) is 11.9 Å². The number of hydrogen-bond donors (Lipinski definition) is 1. The Bertz CT molecular complexity index is 1620. The van der Waals surface area contributed by atoms with Crippen molar-refractivity contribution < 1.29 is 9.53 Å². The summed E-state index contributed by atoms with van der Waals surface area (Å²) in [6.45, 7) is 1.93. The second kappa shape index (κ2) is 9.60. The SMILES string of the molecule is Cc1cc(OCC(=O)Nc2nc3ccccc3n(Cc3cccc4ccccc34)c2=O)ccc1Cl. The lowest BCUT2D eigenvalue weighted by Gasteiger charge is -2.14. The number of para-hydroxylation sites is 2. The van der Waals surface area contributed by atoms with E-state index in [9.17, 15) is 9.59 Å².